The topological polar surface area (TPSA) is 65.4 Å². The van der Waals surface area contributed by atoms with E-state index in [9.17, 15) is 4.79 Å². The van der Waals surface area contributed by atoms with E-state index in [-0.39, 0.29) is 5.43 Å². The number of nitrogens with zero attached hydrogens (tertiary/aromatic N) is 3. The van der Waals surface area contributed by atoms with Gasteiger partial charge in [-0.25, -0.2) is 0 Å². The molecule has 2 aliphatic heterocycles. The third kappa shape index (κ3) is 6.29. The standard InChI is InChI=1S/C32H43N3O5/c1-4-19-39-29-22-28-26(7-5-20-40-28)30-31(29)35(13-6-12-33-14-16-34(17-15-33)18-21-37-2)23-27(32(30)36)24-8-10-25(38-3)11-9-24/h8-11,22-23H,4-7,12-21H2,1-3H3. The number of piperazine rings is 1. The van der Waals surface area contributed by atoms with Crippen molar-refractivity contribution in [3.63, 3.8) is 0 Å². The second-order valence-corrected chi connectivity index (χ2v) is 10.7. The van der Waals surface area contributed by atoms with Crippen LogP contribution in [0.15, 0.2) is 41.3 Å². The minimum atomic E-state index is 0.0345. The molecule has 40 heavy (non-hydrogen) atoms. The zero-order valence-electron chi connectivity index (χ0n) is 24.2. The van der Waals surface area contributed by atoms with E-state index in [0.29, 0.717) is 18.8 Å². The molecular formula is C32H43N3O5. The number of ether oxygens (including phenoxy) is 4. The SMILES string of the molecule is CCCOc1cc2c(c3c(=O)c(-c4ccc(OC)cc4)cn(CCCN4CCN(CCOC)CC4)c13)CCCO2. The minimum Gasteiger partial charge on any atom is -0.497 e. The molecule has 0 spiro atoms. The van der Waals surface area contributed by atoms with E-state index in [0.717, 1.165) is 117 Å². The molecule has 0 saturated carbocycles. The van der Waals surface area contributed by atoms with Gasteiger partial charge in [-0.1, -0.05) is 19.1 Å². The van der Waals surface area contributed by atoms with Crippen LogP contribution in [0.5, 0.6) is 17.2 Å². The Hall–Kier alpha value is -3.07. The minimum absolute atomic E-state index is 0.0345. The van der Waals surface area contributed by atoms with Gasteiger partial charge in [-0.3, -0.25) is 9.69 Å². The quantitative estimate of drug-likeness (QED) is 0.331. The van der Waals surface area contributed by atoms with Crippen molar-refractivity contribution < 1.29 is 18.9 Å². The van der Waals surface area contributed by atoms with Crippen LogP contribution in [0.3, 0.4) is 0 Å². The van der Waals surface area contributed by atoms with E-state index < -0.39 is 0 Å². The molecule has 0 radical (unpaired) electrons. The van der Waals surface area contributed by atoms with Crippen LogP contribution in [0.4, 0.5) is 0 Å². The summed E-state index contributed by atoms with van der Waals surface area (Å²) in [6.45, 7) is 11.2. The van der Waals surface area contributed by atoms with Crippen LogP contribution in [0.1, 0.15) is 31.7 Å². The Balaban J connectivity index is 1.49. The van der Waals surface area contributed by atoms with Crippen molar-refractivity contribution in [3.05, 3.63) is 52.3 Å². The number of aromatic nitrogens is 1. The van der Waals surface area contributed by atoms with E-state index in [1.54, 1.807) is 14.2 Å². The van der Waals surface area contributed by atoms with Gasteiger partial charge in [0, 0.05) is 69.8 Å². The first kappa shape index (κ1) is 28.5. The normalized spacial score (nSPS) is 16.1. The highest BCUT2D eigenvalue weighted by Crippen LogP contribution is 2.38. The Bertz CT molecular complexity index is 1330. The van der Waals surface area contributed by atoms with E-state index in [1.165, 1.54) is 0 Å². The fourth-order valence-corrected chi connectivity index (χ4v) is 5.81. The van der Waals surface area contributed by atoms with Gasteiger partial charge in [-0.05, 0) is 49.9 Å². The third-order valence-corrected chi connectivity index (χ3v) is 8.02. The van der Waals surface area contributed by atoms with Crippen LogP contribution in [0.2, 0.25) is 0 Å². The van der Waals surface area contributed by atoms with Crippen molar-refractivity contribution in [2.45, 2.75) is 39.2 Å². The lowest BCUT2D eigenvalue weighted by atomic mass is 9.96. The Labute approximate surface area is 237 Å². The van der Waals surface area contributed by atoms with Gasteiger partial charge in [0.25, 0.3) is 0 Å². The van der Waals surface area contributed by atoms with Gasteiger partial charge in [-0.15, -0.1) is 0 Å². The van der Waals surface area contributed by atoms with Gasteiger partial charge in [0.15, 0.2) is 5.43 Å². The molecule has 8 heteroatoms. The molecule has 0 unspecified atom stereocenters. The summed E-state index contributed by atoms with van der Waals surface area (Å²) in [5.74, 6) is 2.29. The van der Waals surface area contributed by atoms with E-state index in [4.69, 9.17) is 18.9 Å². The van der Waals surface area contributed by atoms with Gasteiger partial charge < -0.3 is 28.4 Å². The van der Waals surface area contributed by atoms with Crippen molar-refractivity contribution in [3.8, 4) is 28.4 Å². The highest BCUT2D eigenvalue weighted by atomic mass is 16.5. The smallest absolute Gasteiger partial charge is 0.197 e. The van der Waals surface area contributed by atoms with E-state index >= 15 is 0 Å². The lowest BCUT2D eigenvalue weighted by Gasteiger charge is -2.34. The second kappa shape index (κ2) is 13.5. The summed E-state index contributed by atoms with van der Waals surface area (Å²) in [7, 11) is 3.42. The predicted molar refractivity (Wildman–Crippen MR) is 159 cm³/mol. The van der Waals surface area contributed by atoms with E-state index in [2.05, 4.69) is 21.3 Å². The second-order valence-electron chi connectivity index (χ2n) is 10.7. The van der Waals surface area contributed by atoms with E-state index in [1.807, 2.05) is 36.5 Å². The molecule has 3 aromatic rings. The Morgan fingerprint density at radius 3 is 2.40 bits per heavy atom. The van der Waals surface area contributed by atoms with Crippen LogP contribution in [-0.4, -0.2) is 87.7 Å². The van der Waals surface area contributed by atoms with Crippen molar-refractivity contribution in [2.75, 3.05) is 73.3 Å². The van der Waals surface area contributed by atoms with Crippen LogP contribution in [0, 0.1) is 0 Å². The fourth-order valence-electron chi connectivity index (χ4n) is 5.81. The molecule has 216 valence electrons. The molecule has 1 aromatic heterocycles. The van der Waals surface area contributed by atoms with Crippen molar-refractivity contribution >= 4 is 10.9 Å². The average Bonchev–Trinajstić information content (AvgIpc) is 3.00. The van der Waals surface area contributed by atoms with Gasteiger partial charge in [0.05, 0.1) is 37.8 Å². The lowest BCUT2D eigenvalue weighted by Crippen LogP contribution is -2.47. The number of hydrogen-bond acceptors (Lipinski definition) is 7. The van der Waals surface area contributed by atoms with Crippen molar-refractivity contribution in [1.82, 2.24) is 14.4 Å². The summed E-state index contributed by atoms with van der Waals surface area (Å²) in [6, 6.07) is 9.77. The first-order chi connectivity index (χ1) is 19.6. The molecule has 2 aliphatic rings. The molecule has 0 atom stereocenters. The molecule has 3 heterocycles. The molecule has 0 bridgehead atoms. The average molecular weight is 550 g/mol. The van der Waals surface area contributed by atoms with Gasteiger partial charge in [0.2, 0.25) is 0 Å². The number of aryl methyl sites for hydroxylation is 2. The van der Waals surface area contributed by atoms with Gasteiger partial charge in [0.1, 0.15) is 17.2 Å². The summed E-state index contributed by atoms with van der Waals surface area (Å²) in [5, 5.41) is 0.739. The van der Waals surface area contributed by atoms with Gasteiger partial charge in [-0.2, -0.15) is 0 Å². The lowest BCUT2D eigenvalue weighted by molar-refractivity contribution is 0.0959. The molecule has 8 nitrogen and oxygen atoms in total. The molecule has 2 aromatic carbocycles. The van der Waals surface area contributed by atoms with Crippen LogP contribution in [-0.2, 0) is 17.7 Å². The van der Waals surface area contributed by atoms with Crippen molar-refractivity contribution in [2.24, 2.45) is 0 Å². The highest BCUT2D eigenvalue weighted by molar-refractivity contribution is 5.93. The fraction of sp³-hybridized carbons (Fsp3) is 0.531. The first-order valence-electron chi connectivity index (χ1n) is 14.7. The monoisotopic (exact) mass is 549 g/mol. The number of methoxy groups -OCH3 is 2. The van der Waals surface area contributed by atoms with Crippen LogP contribution in [0.25, 0.3) is 22.0 Å². The molecule has 0 N–H and O–H groups in total. The number of pyridine rings is 1. The molecular weight excluding hydrogens is 506 g/mol. The number of benzene rings is 2. The Kier molecular flexibility index (Phi) is 9.62. The first-order valence-corrected chi connectivity index (χ1v) is 14.7. The maximum absolute atomic E-state index is 14.2. The summed E-state index contributed by atoms with van der Waals surface area (Å²) in [5.41, 5.74) is 3.52. The highest BCUT2D eigenvalue weighted by Gasteiger charge is 2.24. The molecule has 5 rings (SSSR count). The van der Waals surface area contributed by atoms with Crippen LogP contribution >= 0.6 is 0 Å². The maximum Gasteiger partial charge on any atom is 0.197 e. The number of fused-ring (bicyclic) bond motifs is 3. The third-order valence-electron chi connectivity index (χ3n) is 8.02. The number of hydrogen-bond donors (Lipinski definition) is 0. The predicted octanol–water partition coefficient (Wildman–Crippen LogP) is 4.45. The maximum atomic E-state index is 14.2. The summed E-state index contributed by atoms with van der Waals surface area (Å²) < 4.78 is 25.2. The van der Waals surface area contributed by atoms with Crippen molar-refractivity contribution in [1.29, 1.82) is 0 Å². The summed E-state index contributed by atoms with van der Waals surface area (Å²) >= 11 is 0. The Morgan fingerprint density at radius 1 is 0.950 bits per heavy atom. The zero-order valence-corrected chi connectivity index (χ0v) is 24.2. The molecule has 1 fully saturated rings. The molecule has 0 amide bonds. The van der Waals surface area contributed by atoms with Gasteiger partial charge >= 0.3 is 0 Å². The summed E-state index contributed by atoms with van der Waals surface area (Å²) in [6.07, 6.45) is 5.64. The molecule has 1 saturated heterocycles. The summed E-state index contributed by atoms with van der Waals surface area (Å²) in [4.78, 5) is 19.2. The number of rotatable bonds is 12. The zero-order chi connectivity index (χ0) is 27.9. The van der Waals surface area contributed by atoms with Crippen LogP contribution < -0.4 is 19.6 Å². The largest absolute Gasteiger partial charge is 0.497 e. The Morgan fingerprint density at radius 2 is 1.70 bits per heavy atom. The molecule has 0 aliphatic carbocycles.